The van der Waals surface area contributed by atoms with Gasteiger partial charge in [-0.15, -0.1) is 11.3 Å². The van der Waals surface area contributed by atoms with E-state index < -0.39 is 18.2 Å². The minimum absolute atomic E-state index is 0.0589. The van der Waals surface area contributed by atoms with Gasteiger partial charge in [0.2, 0.25) is 11.8 Å². The van der Waals surface area contributed by atoms with Gasteiger partial charge < -0.3 is 35.6 Å². The molecule has 0 spiro atoms. The molecular formula is C56H63ClN10O5S. The molecule has 2 aliphatic heterocycles. The number of hydrogen-bond acceptors (Lipinski definition) is 12. The summed E-state index contributed by atoms with van der Waals surface area (Å²) in [6.07, 6.45) is 5.41. The maximum Gasteiger partial charge on any atom is 0.251 e. The van der Waals surface area contributed by atoms with Crippen LogP contribution in [0.3, 0.4) is 0 Å². The Balaban J connectivity index is 0.789. The van der Waals surface area contributed by atoms with Gasteiger partial charge in [-0.1, -0.05) is 77.4 Å². The number of pyridine rings is 1. The summed E-state index contributed by atoms with van der Waals surface area (Å²) in [4.78, 5) is 55.9. The average molecular weight is 1020 g/mol. The van der Waals surface area contributed by atoms with Crippen molar-refractivity contribution in [1.29, 1.82) is 5.26 Å². The van der Waals surface area contributed by atoms with Crippen molar-refractivity contribution in [3.63, 3.8) is 0 Å². The first kappa shape index (κ1) is 51.1. The van der Waals surface area contributed by atoms with Crippen molar-refractivity contribution in [2.45, 2.75) is 111 Å². The highest BCUT2D eigenvalue weighted by Crippen LogP contribution is 2.55. The lowest BCUT2D eigenvalue weighted by Crippen LogP contribution is -2.74. The summed E-state index contributed by atoms with van der Waals surface area (Å²) in [5, 5.41) is 35.1. The predicted octanol–water partition coefficient (Wildman–Crippen LogP) is 9.24. The third kappa shape index (κ3) is 10.4. The lowest BCUT2D eigenvalue weighted by molar-refractivity contribution is -0.164. The highest BCUT2D eigenvalue weighted by Gasteiger charge is 2.64. The first-order chi connectivity index (χ1) is 34.8. The number of likely N-dealkylation sites (tertiary alicyclic amines) is 1. The quantitative estimate of drug-likeness (QED) is 0.0767. The van der Waals surface area contributed by atoms with Crippen molar-refractivity contribution in [1.82, 2.24) is 35.3 Å². The Morgan fingerprint density at radius 1 is 0.932 bits per heavy atom. The molecule has 15 nitrogen and oxygen atoms in total. The van der Waals surface area contributed by atoms with Crippen LogP contribution in [0.15, 0.2) is 103 Å². The molecule has 2 saturated heterocycles. The van der Waals surface area contributed by atoms with E-state index in [0.717, 1.165) is 63.8 Å². The number of halogens is 1. The number of aromatic nitrogens is 4. The minimum Gasteiger partial charge on any atom is -0.489 e. The van der Waals surface area contributed by atoms with E-state index in [1.54, 1.807) is 46.6 Å². The largest absolute Gasteiger partial charge is 0.489 e. The molecule has 3 fully saturated rings. The maximum atomic E-state index is 14.5. The Kier molecular flexibility index (Phi) is 14.4. The van der Waals surface area contributed by atoms with Gasteiger partial charge in [-0.05, 0) is 91.4 Å². The number of anilines is 2. The standard InChI is InChI=1S/C56H63ClN10O5S/c1-32(2)48(52(71)66-30-43(68)24-46(66)51(70)62-33(3)35-9-11-36(12-10-35)49-34(4)60-31-73-49)67-28-40(27-61-67)38-19-21-59-47(23-38)65-22-20-42(29-65)63-41-16-13-37(14-17-41)50(69)64-53-55(5,6)54(56(53,7)8)72-44-18-15-39(26-58)45(57)25-44/h9-19,21,23,25,27-28,31-33,42-43,46,48,53-54,63,68H,20,22,24,29-30H2,1-8H3,(H,62,70)(H,64,69)/t33-,42+,43+,46-,48+,53?,54?/m0/s1. The molecule has 3 amide bonds. The maximum absolute atomic E-state index is 14.5. The zero-order valence-corrected chi connectivity index (χ0v) is 44.0. The summed E-state index contributed by atoms with van der Waals surface area (Å²) >= 11 is 7.87. The second kappa shape index (κ2) is 20.6. The number of nitrogens with zero attached hydrogens (tertiary/aromatic N) is 7. The number of β-amino-alcohol motifs (C(OH)–C–C–N with tert-alkyl or cyclic N) is 1. The number of amides is 3. The molecule has 0 radical (unpaired) electrons. The number of ether oxygens (including phenoxy) is 1. The summed E-state index contributed by atoms with van der Waals surface area (Å²) in [6.45, 7) is 17.7. The van der Waals surface area contributed by atoms with Crippen LogP contribution in [0.2, 0.25) is 5.02 Å². The van der Waals surface area contributed by atoms with Crippen LogP contribution >= 0.6 is 22.9 Å². The Morgan fingerprint density at radius 2 is 1.67 bits per heavy atom. The van der Waals surface area contributed by atoms with Crippen LogP contribution in [-0.4, -0.2) is 97.4 Å². The van der Waals surface area contributed by atoms with Crippen molar-refractivity contribution in [2.75, 3.05) is 29.9 Å². The number of rotatable bonds is 15. The third-order valence-electron chi connectivity index (χ3n) is 15.0. The highest BCUT2D eigenvalue weighted by molar-refractivity contribution is 7.13. The molecule has 1 aliphatic carbocycles. The van der Waals surface area contributed by atoms with Crippen LogP contribution in [0.5, 0.6) is 5.75 Å². The molecule has 73 heavy (non-hydrogen) atoms. The van der Waals surface area contributed by atoms with Crippen LogP contribution in [0.1, 0.15) is 101 Å². The number of carbonyl (C=O) groups is 3. The van der Waals surface area contributed by atoms with E-state index in [1.165, 1.54) is 4.90 Å². The summed E-state index contributed by atoms with van der Waals surface area (Å²) < 4.78 is 8.08. The Labute approximate surface area is 435 Å². The minimum atomic E-state index is -0.828. The van der Waals surface area contributed by atoms with Gasteiger partial charge >= 0.3 is 0 Å². The Morgan fingerprint density at radius 3 is 2.34 bits per heavy atom. The number of carbonyl (C=O) groups excluding carboxylic acids is 3. The Hall–Kier alpha value is -6.80. The lowest BCUT2D eigenvalue weighted by atomic mass is 9.49. The summed E-state index contributed by atoms with van der Waals surface area (Å²) in [7, 11) is 0. The molecule has 4 N–H and O–H groups in total. The number of aliphatic hydroxyl groups excluding tert-OH is 1. The van der Waals surface area contributed by atoms with Gasteiger partial charge in [-0.3, -0.25) is 19.1 Å². The summed E-state index contributed by atoms with van der Waals surface area (Å²) in [6, 6.07) is 24.9. The molecule has 17 heteroatoms. The van der Waals surface area contributed by atoms with E-state index in [4.69, 9.17) is 26.4 Å². The van der Waals surface area contributed by atoms with E-state index >= 15 is 0 Å². The van der Waals surface area contributed by atoms with E-state index in [0.29, 0.717) is 21.9 Å². The molecule has 3 aliphatic rings. The number of nitriles is 1. The topological polar surface area (TPSA) is 191 Å². The number of nitrogens with one attached hydrogen (secondary N) is 3. The predicted molar refractivity (Wildman–Crippen MR) is 284 cm³/mol. The SMILES string of the molecule is Cc1ncsc1-c1ccc([C@H](C)NC(=O)[C@@H]2C[C@@H](O)CN2C(=O)[C@@H](C(C)C)n2cc(-c3ccnc(N4CC[C@@H](Nc5ccc(C(=O)NC6C(C)(C)C(Oc7ccc(C#N)c(Cl)c7)C6(C)C)cc5)C4)c3)cn2)cc1. The molecule has 3 aromatic carbocycles. The average Bonchev–Trinajstić information content (AvgIpc) is 4.21. The van der Waals surface area contributed by atoms with Crippen LogP contribution in [0.4, 0.5) is 11.5 Å². The second-order valence-electron chi connectivity index (χ2n) is 21.3. The van der Waals surface area contributed by atoms with Gasteiger partial charge in [0.1, 0.15) is 35.8 Å². The fraction of sp³-hybridized carbons (Fsp3) is 0.411. The van der Waals surface area contributed by atoms with E-state index in [9.17, 15) is 24.8 Å². The van der Waals surface area contributed by atoms with Gasteiger partial charge in [0.25, 0.3) is 5.91 Å². The molecule has 9 rings (SSSR count). The first-order valence-electron chi connectivity index (χ1n) is 24.9. The monoisotopic (exact) mass is 1020 g/mol. The number of hydrogen-bond donors (Lipinski definition) is 4. The molecule has 5 atom stereocenters. The number of benzene rings is 3. The van der Waals surface area contributed by atoms with Crippen molar-refractivity contribution in [3.8, 4) is 33.4 Å². The van der Waals surface area contributed by atoms with Crippen molar-refractivity contribution in [2.24, 2.45) is 16.7 Å². The smallest absolute Gasteiger partial charge is 0.251 e. The fourth-order valence-electron chi connectivity index (χ4n) is 11.3. The fourth-order valence-corrected chi connectivity index (χ4v) is 12.4. The van der Waals surface area contributed by atoms with E-state index in [2.05, 4.69) is 59.6 Å². The van der Waals surface area contributed by atoms with E-state index in [1.807, 2.05) is 100 Å². The lowest BCUT2D eigenvalue weighted by Gasteiger charge is -2.63. The molecule has 5 heterocycles. The van der Waals surface area contributed by atoms with Gasteiger partial charge in [0.05, 0.1) is 45.0 Å². The molecular weight excluding hydrogens is 960 g/mol. The zero-order valence-electron chi connectivity index (χ0n) is 42.5. The zero-order chi connectivity index (χ0) is 51.9. The number of aryl methyl sites for hydroxylation is 1. The van der Waals surface area contributed by atoms with Crippen LogP contribution in [0.25, 0.3) is 21.6 Å². The molecule has 6 aromatic rings. The van der Waals surface area contributed by atoms with Gasteiger partial charge in [0, 0.05) is 84.2 Å². The van der Waals surface area contributed by atoms with E-state index in [-0.39, 0.29) is 71.7 Å². The van der Waals surface area contributed by atoms with Crippen LogP contribution in [-0.2, 0) is 9.59 Å². The van der Waals surface area contributed by atoms with Crippen LogP contribution in [0, 0.1) is 35.0 Å². The Bertz CT molecular complexity index is 3020. The number of aliphatic hydroxyl groups is 1. The van der Waals surface area contributed by atoms with Crippen LogP contribution < -0.4 is 25.6 Å². The molecule has 1 saturated carbocycles. The molecule has 0 unspecified atom stereocenters. The van der Waals surface area contributed by atoms with Crippen molar-refractivity contribution < 1.29 is 24.2 Å². The van der Waals surface area contributed by atoms with Gasteiger partial charge in [0.15, 0.2) is 0 Å². The van der Waals surface area contributed by atoms with Crippen molar-refractivity contribution >= 4 is 52.2 Å². The highest BCUT2D eigenvalue weighted by atomic mass is 35.5. The summed E-state index contributed by atoms with van der Waals surface area (Å²) in [5.41, 5.74) is 7.64. The molecule has 0 bridgehead atoms. The van der Waals surface area contributed by atoms with Crippen molar-refractivity contribution in [3.05, 3.63) is 130 Å². The third-order valence-corrected chi connectivity index (χ3v) is 16.2. The molecule has 3 aromatic heterocycles. The van der Waals surface area contributed by atoms with Gasteiger partial charge in [-0.2, -0.15) is 10.4 Å². The second-order valence-corrected chi connectivity index (χ2v) is 22.5. The van der Waals surface area contributed by atoms with Gasteiger partial charge in [-0.25, -0.2) is 9.97 Å². The first-order valence-corrected chi connectivity index (χ1v) is 26.2. The number of thiazole rings is 1. The normalized spacial score (nSPS) is 21.8. The summed E-state index contributed by atoms with van der Waals surface area (Å²) in [5.74, 6) is 0.519. The molecule has 380 valence electrons.